The van der Waals surface area contributed by atoms with Crippen molar-refractivity contribution in [3.05, 3.63) is 120 Å². The smallest absolute Gasteiger partial charge is 0.264 e. The molecule has 0 radical (unpaired) electrons. The molecule has 0 aliphatic rings. The van der Waals surface area contributed by atoms with Crippen LogP contribution >= 0.6 is 0 Å². The van der Waals surface area contributed by atoms with Crippen LogP contribution in [0.25, 0.3) is 0 Å². The third-order valence-electron chi connectivity index (χ3n) is 7.84. The van der Waals surface area contributed by atoms with Gasteiger partial charge in [-0.1, -0.05) is 73.5 Å². The third kappa shape index (κ3) is 9.36. The van der Waals surface area contributed by atoms with Gasteiger partial charge in [-0.05, 0) is 73.0 Å². The number of carbonyl (C=O) groups excluding carboxylic acids is 2. The van der Waals surface area contributed by atoms with Gasteiger partial charge in [0.2, 0.25) is 11.8 Å². The Kier molecular flexibility index (Phi) is 12.4. The first-order chi connectivity index (χ1) is 22.7. The summed E-state index contributed by atoms with van der Waals surface area (Å²) in [5.41, 5.74) is 2.87. The lowest BCUT2D eigenvalue weighted by Crippen LogP contribution is -2.53. The lowest BCUT2D eigenvalue weighted by Gasteiger charge is -2.34. The number of benzene rings is 4. The average Bonchev–Trinajstić information content (AvgIpc) is 3.09. The van der Waals surface area contributed by atoms with Crippen LogP contribution in [0.15, 0.2) is 108 Å². The number of nitrogens with zero attached hydrogens (tertiary/aromatic N) is 2. The van der Waals surface area contributed by atoms with Crippen LogP contribution in [0.2, 0.25) is 0 Å². The Balaban J connectivity index is 1.79. The molecule has 0 aliphatic carbocycles. The summed E-state index contributed by atoms with van der Waals surface area (Å²) in [6.07, 6.45) is 1.92. The summed E-state index contributed by atoms with van der Waals surface area (Å²) in [5.74, 6) is 0.269. The Hall–Kier alpha value is -4.83. The lowest BCUT2D eigenvalue weighted by molar-refractivity contribution is -0.140. The third-order valence-corrected chi connectivity index (χ3v) is 9.62. The predicted octanol–water partition coefficient (Wildman–Crippen LogP) is 5.76. The summed E-state index contributed by atoms with van der Waals surface area (Å²) in [6, 6.07) is 28.8. The highest BCUT2D eigenvalue weighted by Gasteiger charge is 2.34. The van der Waals surface area contributed by atoms with Crippen LogP contribution in [0.5, 0.6) is 11.5 Å². The van der Waals surface area contributed by atoms with Gasteiger partial charge < -0.3 is 19.7 Å². The maximum absolute atomic E-state index is 14.6. The zero-order chi connectivity index (χ0) is 33.8. The summed E-state index contributed by atoms with van der Waals surface area (Å²) in [4.78, 5) is 29.9. The average molecular weight is 658 g/mol. The molecule has 4 rings (SSSR count). The van der Waals surface area contributed by atoms with E-state index in [1.807, 2.05) is 56.3 Å². The van der Waals surface area contributed by atoms with Crippen LogP contribution < -0.4 is 19.1 Å². The molecule has 0 bridgehead atoms. The molecule has 9 nitrogen and oxygen atoms in total. The quantitative estimate of drug-likeness (QED) is 0.154. The Labute approximate surface area is 278 Å². The van der Waals surface area contributed by atoms with Gasteiger partial charge in [0.15, 0.2) is 0 Å². The Morgan fingerprint density at radius 3 is 2.11 bits per heavy atom. The second-order valence-corrected chi connectivity index (χ2v) is 13.1. The van der Waals surface area contributed by atoms with Gasteiger partial charge in [-0.15, -0.1) is 0 Å². The highest BCUT2D eigenvalue weighted by atomic mass is 32.2. The number of hydrogen-bond acceptors (Lipinski definition) is 6. The van der Waals surface area contributed by atoms with Crippen LogP contribution in [0.1, 0.15) is 36.5 Å². The minimum Gasteiger partial charge on any atom is -0.497 e. The van der Waals surface area contributed by atoms with Gasteiger partial charge in [-0.25, -0.2) is 8.42 Å². The van der Waals surface area contributed by atoms with Gasteiger partial charge in [-0.2, -0.15) is 0 Å². The van der Waals surface area contributed by atoms with Crippen molar-refractivity contribution in [1.29, 1.82) is 0 Å². The van der Waals surface area contributed by atoms with Gasteiger partial charge in [0.1, 0.15) is 24.1 Å². The maximum Gasteiger partial charge on any atom is 0.264 e. The first-order valence-electron chi connectivity index (χ1n) is 15.6. The van der Waals surface area contributed by atoms with E-state index in [1.165, 1.54) is 24.1 Å². The van der Waals surface area contributed by atoms with Gasteiger partial charge in [0, 0.05) is 19.5 Å². The minimum atomic E-state index is -4.22. The van der Waals surface area contributed by atoms with Crippen molar-refractivity contribution < 1.29 is 27.5 Å². The number of ether oxygens (including phenoxy) is 2. The SMILES string of the molecule is CCCCNC(=O)C(Cc1ccccc1)N(Cc1cccc(OC)c1)C(=O)CN(c1ccc(C)cc1)S(=O)(=O)c1ccc(OC)cc1. The normalized spacial score (nSPS) is 11.7. The predicted molar refractivity (Wildman–Crippen MR) is 184 cm³/mol. The highest BCUT2D eigenvalue weighted by Crippen LogP contribution is 2.27. The maximum atomic E-state index is 14.6. The van der Waals surface area contributed by atoms with Crippen LogP contribution in [0, 0.1) is 6.92 Å². The molecule has 1 N–H and O–H groups in total. The van der Waals surface area contributed by atoms with Crippen molar-refractivity contribution >= 4 is 27.5 Å². The molecular formula is C37H43N3O6S. The van der Waals surface area contributed by atoms with Gasteiger partial charge in [0.25, 0.3) is 10.0 Å². The standard InChI is InChI=1S/C37H43N3O6S/c1-5-6-23-38-37(42)35(25-29-11-8-7-9-12-29)39(26-30-13-10-14-33(24-30)46-4)36(41)27-40(31-17-15-28(2)16-18-31)47(43,44)34-21-19-32(45-3)20-22-34/h7-22,24,35H,5-6,23,25-27H2,1-4H3,(H,38,42). The molecule has 248 valence electrons. The van der Waals surface area contributed by atoms with Gasteiger partial charge >= 0.3 is 0 Å². The molecule has 0 saturated heterocycles. The summed E-state index contributed by atoms with van der Waals surface area (Å²) in [5, 5.41) is 3.00. The van der Waals surface area contributed by atoms with E-state index in [4.69, 9.17) is 9.47 Å². The largest absolute Gasteiger partial charge is 0.497 e. The number of amides is 2. The molecule has 0 aromatic heterocycles. The van der Waals surface area contributed by atoms with Crippen molar-refractivity contribution in [3.8, 4) is 11.5 Å². The van der Waals surface area contributed by atoms with Crippen molar-refractivity contribution in [2.75, 3.05) is 31.6 Å². The number of rotatable bonds is 16. The molecule has 2 amide bonds. The minimum absolute atomic E-state index is 0.00386. The summed E-state index contributed by atoms with van der Waals surface area (Å²) >= 11 is 0. The number of aryl methyl sites for hydroxylation is 1. The summed E-state index contributed by atoms with van der Waals surface area (Å²) in [7, 11) is -1.15. The molecule has 47 heavy (non-hydrogen) atoms. The van der Waals surface area contributed by atoms with E-state index in [2.05, 4.69) is 5.32 Å². The fourth-order valence-electron chi connectivity index (χ4n) is 5.14. The molecule has 0 saturated carbocycles. The van der Waals surface area contributed by atoms with Crippen molar-refractivity contribution in [2.45, 2.75) is 50.6 Å². The fourth-order valence-corrected chi connectivity index (χ4v) is 6.56. The highest BCUT2D eigenvalue weighted by molar-refractivity contribution is 7.92. The van der Waals surface area contributed by atoms with Crippen molar-refractivity contribution in [2.24, 2.45) is 0 Å². The summed E-state index contributed by atoms with van der Waals surface area (Å²) < 4.78 is 40.2. The number of methoxy groups -OCH3 is 2. The Bertz CT molecular complexity index is 1710. The molecule has 1 unspecified atom stereocenters. The van der Waals surface area contributed by atoms with E-state index in [-0.39, 0.29) is 23.8 Å². The number of unbranched alkanes of at least 4 members (excludes halogenated alkanes) is 1. The molecule has 0 spiro atoms. The van der Waals surface area contributed by atoms with Crippen LogP contribution in [-0.4, -0.2) is 58.5 Å². The zero-order valence-electron chi connectivity index (χ0n) is 27.4. The summed E-state index contributed by atoms with van der Waals surface area (Å²) in [6.45, 7) is 3.92. The fraction of sp³-hybridized carbons (Fsp3) is 0.297. The Morgan fingerprint density at radius 2 is 1.47 bits per heavy atom. The molecular weight excluding hydrogens is 614 g/mol. The first kappa shape index (κ1) is 35.0. The van der Waals surface area contributed by atoms with Gasteiger partial charge in [0.05, 0.1) is 24.8 Å². The van der Waals surface area contributed by atoms with E-state index in [0.29, 0.717) is 23.7 Å². The zero-order valence-corrected chi connectivity index (χ0v) is 28.2. The van der Waals surface area contributed by atoms with Crippen LogP contribution in [-0.2, 0) is 32.6 Å². The molecule has 4 aromatic carbocycles. The lowest BCUT2D eigenvalue weighted by atomic mass is 10.0. The van der Waals surface area contributed by atoms with E-state index in [1.54, 1.807) is 55.6 Å². The van der Waals surface area contributed by atoms with E-state index < -0.39 is 28.5 Å². The number of carbonyl (C=O) groups is 2. The second-order valence-electron chi connectivity index (χ2n) is 11.2. The molecule has 0 heterocycles. The molecule has 0 fully saturated rings. The van der Waals surface area contributed by atoms with Crippen molar-refractivity contribution in [3.63, 3.8) is 0 Å². The molecule has 1 atom stereocenters. The topological polar surface area (TPSA) is 105 Å². The monoisotopic (exact) mass is 657 g/mol. The number of sulfonamides is 1. The number of anilines is 1. The van der Waals surface area contributed by atoms with E-state index in [0.717, 1.165) is 33.8 Å². The van der Waals surface area contributed by atoms with Crippen molar-refractivity contribution in [1.82, 2.24) is 10.2 Å². The van der Waals surface area contributed by atoms with Gasteiger partial charge in [-0.3, -0.25) is 13.9 Å². The van der Waals surface area contributed by atoms with Crippen LogP contribution in [0.3, 0.4) is 0 Å². The second kappa shape index (κ2) is 16.6. The number of nitrogens with one attached hydrogen (secondary N) is 1. The van der Waals surface area contributed by atoms with E-state index in [9.17, 15) is 18.0 Å². The molecule has 4 aromatic rings. The molecule has 0 aliphatic heterocycles. The molecule has 10 heteroatoms. The van der Waals surface area contributed by atoms with Crippen LogP contribution in [0.4, 0.5) is 5.69 Å². The number of hydrogen-bond donors (Lipinski definition) is 1. The Morgan fingerprint density at radius 1 is 0.809 bits per heavy atom. The van der Waals surface area contributed by atoms with E-state index >= 15 is 0 Å². The first-order valence-corrected chi connectivity index (χ1v) is 17.1.